The number of fused-ring (bicyclic) bond motifs is 2. The van der Waals surface area contributed by atoms with Crippen LogP contribution in [0, 0.1) is 4.77 Å². The standard InChI is InChI=1S/C22H20N4O2S2/c27-30(28,18-6-2-1-3-7-18)26-15-17(19-8-4-5-9-21(19)26)14-25-11-10-20-16(13-25)12-23-22(29)24-20/h1-9,12,15H,10-11,13-14H2,(H,23,24,29). The van der Waals surface area contributed by atoms with Gasteiger partial charge in [0.1, 0.15) is 0 Å². The van der Waals surface area contributed by atoms with Crippen LogP contribution in [-0.4, -0.2) is 33.8 Å². The number of benzene rings is 2. The van der Waals surface area contributed by atoms with Gasteiger partial charge in [-0.15, -0.1) is 0 Å². The van der Waals surface area contributed by atoms with E-state index in [4.69, 9.17) is 12.2 Å². The minimum Gasteiger partial charge on any atom is -0.334 e. The quantitative estimate of drug-likeness (QED) is 0.492. The molecule has 0 aliphatic carbocycles. The first-order chi connectivity index (χ1) is 14.5. The molecule has 0 fully saturated rings. The highest BCUT2D eigenvalue weighted by atomic mass is 32.2. The molecule has 152 valence electrons. The fraction of sp³-hybridized carbons (Fsp3) is 0.182. The third-order valence-corrected chi connectivity index (χ3v) is 7.40. The second-order valence-electron chi connectivity index (χ2n) is 7.44. The van der Waals surface area contributed by atoms with E-state index in [1.807, 2.05) is 36.5 Å². The van der Waals surface area contributed by atoms with E-state index in [0.717, 1.165) is 41.7 Å². The molecule has 1 N–H and O–H groups in total. The van der Waals surface area contributed by atoms with Gasteiger partial charge in [-0.2, -0.15) is 0 Å². The molecular weight excluding hydrogens is 416 g/mol. The van der Waals surface area contributed by atoms with Crippen molar-refractivity contribution < 1.29 is 8.42 Å². The molecule has 30 heavy (non-hydrogen) atoms. The average Bonchev–Trinajstić information content (AvgIpc) is 3.14. The van der Waals surface area contributed by atoms with Crippen molar-refractivity contribution in [3.05, 3.63) is 88.6 Å². The summed E-state index contributed by atoms with van der Waals surface area (Å²) in [5.74, 6) is 0. The lowest BCUT2D eigenvalue weighted by Crippen LogP contribution is -2.30. The fourth-order valence-electron chi connectivity index (χ4n) is 4.03. The number of hydrogen-bond donors (Lipinski definition) is 1. The molecule has 0 bridgehead atoms. The first-order valence-corrected chi connectivity index (χ1v) is 11.6. The highest BCUT2D eigenvalue weighted by molar-refractivity contribution is 7.90. The minimum absolute atomic E-state index is 0.283. The minimum atomic E-state index is -3.67. The molecule has 4 aromatic rings. The second kappa shape index (κ2) is 7.46. The molecule has 3 heterocycles. The van der Waals surface area contributed by atoms with Crippen LogP contribution in [0.3, 0.4) is 0 Å². The Hall–Kier alpha value is -2.81. The van der Waals surface area contributed by atoms with E-state index in [9.17, 15) is 8.42 Å². The van der Waals surface area contributed by atoms with Gasteiger partial charge < -0.3 is 4.98 Å². The number of H-pyrrole nitrogens is 1. The summed E-state index contributed by atoms with van der Waals surface area (Å²) < 4.78 is 28.5. The molecule has 2 aromatic heterocycles. The van der Waals surface area contributed by atoms with Crippen LogP contribution in [0.2, 0.25) is 0 Å². The molecule has 0 spiro atoms. The Morgan fingerprint density at radius 2 is 1.83 bits per heavy atom. The van der Waals surface area contributed by atoms with E-state index >= 15 is 0 Å². The number of rotatable bonds is 4. The molecule has 0 saturated carbocycles. The van der Waals surface area contributed by atoms with Crippen LogP contribution in [0.25, 0.3) is 10.9 Å². The molecule has 0 atom stereocenters. The number of hydrogen-bond acceptors (Lipinski definition) is 5. The monoisotopic (exact) mass is 436 g/mol. The number of aromatic nitrogens is 3. The van der Waals surface area contributed by atoms with Crippen LogP contribution < -0.4 is 0 Å². The van der Waals surface area contributed by atoms with Crippen LogP contribution in [0.1, 0.15) is 16.8 Å². The maximum absolute atomic E-state index is 13.3. The second-order valence-corrected chi connectivity index (χ2v) is 9.64. The van der Waals surface area contributed by atoms with Gasteiger partial charge in [0, 0.05) is 55.1 Å². The summed E-state index contributed by atoms with van der Waals surface area (Å²) in [6, 6.07) is 16.2. The summed E-state index contributed by atoms with van der Waals surface area (Å²) >= 11 is 5.12. The highest BCUT2D eigenvalue weighted by Crippen LogP contribution is 2.28. The van der Waals surface area contributed by atoms with Crippen LogP contribution in [0.4, 0.5) is 0 Å². The topological polar surface area (TPSA) is 71.0 Å². The molecule has 0 amide bonds. The molecule has 0 saturated heterocycles. The van der Waals surface area contributed by atoms with E-state index in [1.54, 1.807) is 30.5 Å². The highest BCUT2D eigenvalue weighted by Gasteiger charge is 2.23. The number of aromatic amines is 1. The van der Waals surface area contributed by atoms with Gasteiger partial charge in [-0.1, -0.05) is 36.4 Å². The van der Waals surface area contributed by atoms with E-state index in [2.05, 4.69) is 14.9 Å². The van der Waals surface area contributed by atoms with Gasteiger partial charge in [0.05, 0.1) is 10.4 Å². The molecule has 0 radical (unpaired) electrons. The molecule has 1 aliphatic heterocycles. The van der Waals surface area contributed by atoms with E-state index in [0.29, 0.717) is 16.8 Å². The number of nitrogens with one attached hydrogen (secondary N) is 1. The van der Waals surface area contributed by atoms with Crippen molar-refractivity contribution in [1.82, 2.24) is 18.8 Å². The Bertz CT molecular complexity index is 1390. The van der Waals surface area contributed by atoms with Crippen LogP contribution in [0.5, 0.6) is 0 Å². The summed E-state index contributed by atoms with van der Waals surface area (Å²) in [4.78, 5) is 9.97. The Morgan fingerprint density at radius 3 is 2.67 bits per heavy atom. The first-order valence-electron chi connectivity index (χ1n) is 9.71. The molecular formula is C22H20N4O2S2. The van der Waals surface area contributed by atoms with Gasteiger partial charge in [-0.05, 0) is 36.0 Å². The van der Waals surface area contributed by atoms with Crippen molar-refractivity contribution in [2.45, 2.75) is 24.4 Å². The third kappa shape index (κ3) is 3.36. The zero-order valence-corrected chi connectivity index (χ0v) is 17.8. The normalized spacial score (nSPS) is 14.7. The van der Waals surface area contributed by atoms with Crippen LogP contribution >= 0.6 is 12.2 Å². The fourth-order valence-corrected chi connectivity index (χ4v) is 5.62. The van der Waals surface area contributed by atoms with E-state index in [1.165, 1.54) is 3.97 Å². The Kier molecular flexibility index (Phi) is 4.77. The van der Waals surface area contributed by atoms with Crippen molar-refractivity contribution >= 4 is 33.1 Å². The first kappa shape index (κ1) is 19.2. The molecule has 5 rings (SSSR count). The summed E-state index contributed by atoms with van der Waals surface area (Å²) in [5.41, 5.74) is 3.96. The smallest absolute Gasteiger partial charge is 0.268 e. The Morgan fingerprint density at radius 1 is 1.07 bits per heavy atom. The van der Waals surface area contributed by atoms with Crippen molar-refractivity contribution in [2.75, 3.05) is 6.54 Å². The predicted octanol–water partition coefficient (Wildman–Crippen LogP) is 3.89. The number of para-hydroxylation sites is 1. The Balaban J connectivity index is 1.52. The van der Waals surface area contributed by atoms with Gasteiger partial charge in [0.2, 0.25) is 0 Å². The SMILES string of the molecule is O=S(=O)(c1ccccc1)n1cc(CN2CCc3[nH]c(=S)ncc3C2)c2ccccc21. The maximum atomic E-state index is 13.3. The molecule has 1 aliphatic rings. The Labute approximate surface area is 179 Å². The predicted molar refractivity (Wildman–Crippen MR) is 118 cm³/mol. The lowest BCUT2D eigenvalue weighted by molar-refractivity contribution is 0.243. The summed E-state index contributed by atoms with van der Waals surface area (Å²) in [6.45, 7) is 2.28. The van der Waals surface area contributed by atoms with Gasteiger partial charge in [0.25, 0.3) is 10.0 Å². The lowest BCUT2D eigenvalue weighted by Gasteiger charge is -2.27. The molecule has 0 unspecified atom stereocenters. The van der Waals surface area contributed by atoms with Crippen molar-refractivity contribution in [1.29, 1.82) is 0 Å². The lowest BCUT2D eigenvalue weighted by atomic mass is 10.1. The van der Waals surface area contributed by atoms with Crippen molar-refractivity contribution in [3.63, 3.8) is 0 Å². The largest absolute Gasteiger partial charge is 0.334 e. The summed E-state index contributed by atoms with van der Waals surface area (Å²) in [5, 5.41) is 0.952. The van der Waals surface area contributed by atoms with E-state index in [-0.39, 0.29) is 4.90 Å². The van der Waals surface area contributed by atoms with Crippen molar-refractivity contribution in [3.8, 4) is 0 Å². The van der Waals surface area contributed by atoms with Gasteiger partial charge in [0.15, 0.2) is 4.77 Å². The van der Waals surface area contributed by atoms with Crippen LogP contribution in [0.15, 0.2) is 71.9 Å². The van der Waals surface area contributed by atoms with Crippen LogP contribution in [-0.2, 0) is 29.5 Å². The van der Waals surface area contributed by atoms with Crippen molar-refractivity contribution in [2.24, 2.45) is 0 Å². The van der Waals surface area contributed by atoms with E-state index < -0.39 is 10.0 Å². The average molecular weight is 437 g/mol. The third-order valence-electron chi connectivity index (χ3n) is 5.51. The summed E-state index contributed by atoms with van der Waals surface area (Å²) in [7, 11) is -3.67. The maximum Gasteiger partial charge on any atom is 0.268 e. The molecule has 8 heteroatoms. The summed E-state index contributed by atoms with van der Waals surface area (Å²) in [6.07, 6.45) is 4.46. The zero-order chi connectivity index (χ0) is 20.7. The molecule has 2 aromatic carbocycles. The van der Waals surface area contributed by atoms with Gasteiger partial charge >= 0.3 is 0 Å². The zero-order valence-electron chi connectivity index (χ0n) is 16.2. The van der Waals surface area contributed by atoms with Gasteiger partial charge in [-0.25, -0.2) is 17.4 Å². The van der Waals surface area contributed by atoms with Gasteiger partial charge in [-0.3, -0.25) is 4.90 Å². The molecule has 6 nitrogen and oxygen atoms in total. The number of nitrogens with zero attached hydrogens (tertiary/aromatic N) is 3.